The maximum atomic E-state index is 5.28. The van der Waals surface area contributed by atoms with Crippen molar-refractivity contribution in [2.24, 2.45) is 16.5 Å². The standard InChI is InChI=1S/C19H39N3.ClH/c1-2-3-4-5-6-7-8-9-10-11-12-13-14-15-16-17-18-22-19(20)21;/h9-10H,2-8,11-18H2,1H3,(H4,20,21,22);1H. The van der Waals surface area contributed by atoms with E-state index < -0.39 is 0 Å². The predicted molar refractivity (Wildman–Crippen MR) is 107 cm³/mol. The highest BCUT2D eigenvalue weighted by atomic mass is 35.5. The molecule has 3 nitrogen and oxygen atoms in total. The Morgan fingerprint density at radius 1 is 0.696 bits per heavy atom. The number of halogens is 1. The second-order valence-corrected chi connectivity index (χ2v) is 6.24. The molecule has 0 saturated carbocycles. The van der Waals surface area contributed by atoms with Crippen molar-refractivity contribution in [2.75, 3.05) is 6.54 Å². The molecule has 0 aromatic heterocycles. The molecule has 0 atom stereocenters. The molecule has 23 heavy (non-hydrogen) atoms. The highest BCUT2D eigenvalue weighted by Crippen LogP contribution is 2.09. The molecule has 0 aliphatic heterocycles. The molecular weight excluding hydrogens is 306 g/mol. The van der Waals surface area contributed by atoms with Crippen LogP contribution in [-0.2, 0) is 0 Å². The molecule has 0 aliphatic carbocycles. The number of nitrogens with two attached hydrogens (primary N) is 2. The summed E-state index contributed by atoms with van der Waals surface area (Å²) in [5.41, 5.74) is 10.6. The first-order valence-corrected chi connectivity index (χ1v) is 9.47. The lowest BCUT2D eigenvalue weighted by atomic mass is 10.1. The van der Waals surface area contributed by atoms with Crippen molar-refractivity contribution < 1.29 is 0 Å². The van der Waals surface area contributed by atoms with Gasteiger partial charge in [-0.25, -0.2) is 0 Å². The van der Waals surface area contributed by atoms with Crippen LogP contribution in [0.25, 0.3) is 0 Å². The van der Waals surface area contributed by atoms with Crippen molar-refractivity contribution in [3.05, 3.63) is 12.2 Å². The molecule has 4 heteroatoms. The van der Waals surface area contributed by atoms with Gasteiger partial charge in [0.15, 0.2) is 5.96 Å². The Hall–Kier alpha value is -0.700. The van der Waals surface area contributed by atoms with Crippen molar-refractivity contribution in [3.63, 3.8) is 0 Å². The van der Waals surface area contributed by atoms with Gasteiger partial charge in [-0.15, -0.1) is 12.4 Å². The third kappa shape index (κ3) is 23.7. The Balaban J connectivity index is 0. The summed E-state index contributed by atoms with van der Waals surface area (Å²) in [7, 11) is 0. The van der Waals surface area contributed by atoms with Crippen LogP contribution in [0, 0.1) is 0 Å². The van der Waals surface area contributed by atoms with Gasteiger partial charge in [0.1, 0.15) is 0 Å². The van der Waals surface area contributed by atoms with Crippen molar-refractivity contribution in [3.8, 4) is 0 Å². The van der Waals surface area contributed by atoms with Crippen molar-refractivity contribution in [1.82, 2.24) is 0 Å². The lowest BCUT2D eigenvalue weighted by molar-refractivity contribution is 0.599. The zero-order chi connectivity index (χ0) is 16.3. The van der Waals surface area contributed by atoms with Crippen LogP contribution in [0.3, 0.4) is 0 Å². The van der Waals surface area contributed by atoms with E-state index in [1.54, 1.807) is 0 Å². The van der Waals surface area contributed by atoms with Crippen LogP contribution in [0.5, 0.6) is 0 Å². The molecule has 0 saturated heterocycles. The molecule has 0 aliphatic rings. The quantitative estimate of drug-likeness (QED) is 0.162. The van der Waals surface area contributed by atoms with Gasteiger partial charge in [0.05, 0.1) is 0 Å². The van der Waals surface area contributed by atoms with Gasteiger partial charge in [-0.2, -0.15) is 0 Å². The van der Waals surface area contributed by atoms with Crippen LogP contribution in [0.1, 0.15) is 96.8 Å². The number of guanidine groups is 1. The molecular formula is C19H40ClN3. The van der Waals surface area contributed by atoms with Gasteiger partial charge in [0.2, 0.25) is 0 Å². The van der Waals surface area contributed by atoms with Crippen molar-refractivity contribution in [2.45, 2.75) is 96.8 Å². The number of hydrogen-bond acceptors (Lipinski definition) is 1. The van der Waals surface area contributed by atoms with Gasteiger partial charge < -0.3 is 11.5 Å². The fourth-order valence-corrected chi connectivity index (χ4v) is 2.57. The summed E-state index contributed by atoms with van der Waals surface area (Å²) in [6.45, 7) is 3.05. The SMILES string of the molecule is CCCCCCCCC=CCCCCCCCCN=C(N)N.Cl. The first-order valence-electron chi connectivity index (χ1n) is 9.47. The molecule has 0 aromatic carbocycles. The second-order valence-electron chi connectivity index (χ2n) is 6.24. The van der Waals surface area contributed by atoms with E-state index in [0.717, 1.165) is 13.0 Å². The van der Waals surface area contributed by atoms with E-state index in [4.69, 9.17) is 11.5 Å². The maximum Gasteiger partial charge on any atom is 0.185 e. The van der Waals surface area contributed by atoms with Crippen LogP contribution in [0.2, 0.25) is 0 Å². The van der Waals surface area contributed by atoms with E-state index in [9.17, 15) is 0 Å². The third-order valence-corrected chi connectivity index (χ3v) is 3.96. The number of rotatable bonds is 16. The number of unbranched alkanes of at least 4 members (excludes halogenated alkanes) is 12. The summed E-state index contributed by atoms with van der Waals surface area (Å²) in [5, 5.41) is 0. The minimum Gasteiger partial charge on any atom is -0.370 e. The van der Waals surface area contributed by atoms with Gasteiger partial charge in [-0.05, 0) is 32.1 Å². The molecule has 0 bridgehead atoms. The first kappa shape index (κ1) is 24.6. The predicted octanol–water partition coefficient (Wildman–Crippen LogP) is 5.72. The maximum absolute atomic E-state index is 5.28. The van der Waals surface area contributed by atoms with Gasteiger partial charge in [0.25, 0.3) is 0 Å². The molecule has 0 aromatic rings. The monoisotopic (exact) mass is 345 g/mol. The molecule has 0 rings (SSSR count). The summed E-state index contributed by atoms with van der Waals surface area (Å²) in [6, 6.07) is 0. The number of hydrogen-bond donors (Lipinski definition) is 2. The van der Waals surface area contributed by atoms with Gasteiger partial charge in [-0.1, -0.05) is 76.9 Å². The van der Waals surface area contributed by atoms with Crippen molar-refractivity contribution >= 4 is 18.4 Å². The minimum absolute atomic E-state index is 0. The summed E-state index contributed by atoms with van der Waals surface area (Å²) >= 11 is 0. The summed E-state index contributed by atoms with van der Waals surface area (Å²) in [6.07, 6.45) is 23.3. The van der Waals surface area contributed by atoms with E-state index in [0.29, 0.717) is 0 Å². The van der Waals surface area contributed by atoms with Gasteiger partial charge in [0, 0.05) is 6.54 Å². The van der Waals surface area contributed by atoms with Crippen LogP contribution < -0.4 is 11.5 Å². The average molecular weight is 346 g/mol. The normalized spacial score (nSPS) is 10.7. The lowest BCUT2D eigenvalue weighted by Gasteiger charge is -2.00. The van der Waals surface area contributed by atoms with Gasteiger partial charge >= 0.3 is 0 Å². The Morgan fingerprint density at radius 3 is 1.61 bits per heavy atom. The number of allylic oxidation sites excluding steroid dienone is 2. The van der Waals surface area contributed by atoms with E-state index in [-0.39, 0.29) is 18.4 Å². The number of aliphatic imine (C=N–C) groups is 1. The smallest absolute Gasteiger partial charge is 0.185 e. The third-order valence-electron chi connectivity index (χ3n) is 3.96. The molecule has 0 spiro atoms. The Morgan fingerprint density at radius 2 is 1.13 bits per heavy atom. The first-order chi connectivity index (χ1) is 10.8. The minimum atomic E-state index is 0. The molecule has 0 unspecified atom stereocenters. The van der Waals surface area contributed by atoms with E-state index in [1.807, 2.05) is 0 Å². The van der Waals surface area contributed by atoms with Crippen molar-refractivity contribution in [1.29, 1.82) is 0 Å². The fourth-order valence-electron chi connectivity index (χ4n) is 2.57. The van der Waals surface area contributed by atoms with Crippen LogP contribution >= 0.6 is 12.4 Å². The average Bonchev–Trinajstić information content (AvgIpc) is 2.50. The number of nitrogens with zero attached hydrogens (tertiary/aromatic N) is 1. The summed E-state index contributed by atoms with van der Waals surface area (Å²) in [5.74, 6) is 0.216. The molecule has 0 radical (unpaired) electrons. The highest BCUT2D eigenvalue weighted by Gasteiger charge is 1.91. The largest absolute Gasteiger partial charge is 0.370 e. The Bertz CT molecular complexity index is 274. The highest BCUT2D eigenvalue weighted by molar-refractivity contribution is 5.85. The van der Waals surface area contributed by atoms with E-state index in [1.165, 1.54) is 83.5 Å². The zero-order valence-electron chi connectivity index (χ0n) is 15.3. The Kier molecular flexibility index (Phi) is 22.7. The molecule has 0 amide bonds. The van der Waals surface area contributed by atoms with E-state index >= 15 is 0 Å². The second kappa shape index (κ2) is 21.3. The molecule has 138 valence electrons. The Labute approximate surface area is 150 Å². The summed E-state index contributed by atoms with van der Waals surface area (Å²) < 4.78 is 0. The fraction of sp³-hybridized carbons (Fsp3) is 0.842. The molecule has 4 N–H and O–H groups in total. The van der Waals surface area contributed by atoms with Crippen LogP contribution in [0.15, 0.2) is 17.1 Å². The molecule has 0 fully saturated rings. The van der Waals surface area contributed by atoms with Crippen LogP contribution in [0.4, 0.5) is 0 Å². The van der Waals surface area contributed by atoms with E-state index in [2.05, 4.69) is 24.1 Å². The zero-order valence-corrected chi connectivity index (χ0v) is 16.1. The van der Waals surface area contributed by atoms with Crippen LogP contribution in [-0.4, -0.2) is 12.5 Å². The topological polar surface area (TPSA) is 64.4 Å². The van der Waals surface area contributed by atoms with Gasteiger partial charge in [-0.3, -0.25) is 4.99 Å². The lowest BCUT2D eigenvalue weighted by Crippen LogP contribution is -2.22. The molecule has 0 heterocycles. The summed E-state index contributed by atoms with van der Waals surface area (Å²) in [4.78, 5) is 3.99.